The lowest BCUT2D eigenvalue weighted by Gasteiger charge is -2.16. The fraction of sp³-hybridized carbons (Fsp3) is 0.294. The first-order chi connectivity index (χ1) is 10.2. The Labute approximate surface area is 139 Å². The number of ether oxygens (including phenoxy) is 2. The zero-order chi connectivity index (χ0) is 15.1. The highest BCUT2D eigenvalue weighted by Gasteiger charge is 2.13. The van der Waals surface area contributed by atoms with E-state index in [9.17, 15) is 0 Å². The maximum Gasteiger partial charge on any atom is 0.119 e. The molecule has 0 saturated heterocycles. The predicted octanol–water partition coefficient (Wildman–Crippen LogP) is 5.25. The Hall–Kier alpha value is -1.19. The molecule has 112 valence electrons. The van der Waals surface area contributed by atoms with Crippen LogP contribution >= 0.6 is 27.5 Å². The molecule has 2 aromatic rings. The molecule has 0 aliphatic heterocycles. The number of alkyl halides is 1. The first-order valence-electron chi connectivity index (χ1n) is 6.82. The van der Waals surface area contributed by atoms with Gasteiger partial charge in [-0.05, 0) is 42.3 Å². The van der Waals surface area contributed by atoms with Crippen LogP contribution in [-0.2, 0) is 0 Å². The summed E-state index contributed by atoms with van der Waals surface area (Å²) in [5.41, 5.74) is 1.23. The lowest BCUT2D eigenvalue weighted by atomic mass is 9.98. The molecule has 0 bridgehead atoms. The number of hydrogen-bond donors (Lipinski definition) is 0. The number of benzene rings is 2. The second kappa shape index (κ2) is 8.30. The molecule has 0 saturated carbocycles. The molecule has 0 aromatic heterocycles. The molecule has 0 spiro atoms. The third kappa shape index (κ3) is 4.65. The van der Waals surface area contributed by atoms with Crippen molar-refractivity contribution in [3.8, 4) is 11.5 Å². The van der Waals surface area contributed by atoms with Crippen LogP contribution in [0.15, 0.2) is 53.0 Å². The van der Waals surface area contributed by atoms with Crippen molar-refractivity contribution < 1.29 is 9.47 Å². The number of rotatable bonds is 7. The van der Waals surface area contributed by atoms with Crippen molar-refractivity contribution in [3.63, 3.8) is 0 Å². The minimum Gasteiger partial charge on any atom is -0.497 e. The molecule has 4 heteroatoms. The van der Waals surface area contributed by atoms with Crippen LogP contribution in [0.2, 0.25) is 0 Å². The molecular formula is C17H18BrClO2. The van der Waals surface area contributed by atoms with Crippen molar-refractivity contribution in [2.24, 2.45) is 0 Å². The molecule has 2 aromatic carbocycles. The highest BCUT2D eigenvalue weighted by molar-refractivity contribution is 9.10. The molecule has 1 atom stereocenters. The number of hydrogen-bond acceptors (Lipinski definition) is 2. The third-order valence-corrected chi connectivity index (χ3v) is 4.42. The van der Waals surface area contributed by atoms with Crippen molar-refractivity contribution in [1.29, 1.82) is 0 Å². The minimum atomic E-state index is 0.278. The van der Waals surface area contributed by atoms with E-state index in [4.69, 9.17) is 21.1 Å². The van der Waals surface area contributed by atoms with Gasteiger partial charge >= 0.3 is 0 Å². The fourth-order valence-corrected chi connectivity index (χ4v) is 3.04. The van der Waals surface area contributed by atoms with Crippen LogP contribution < -0.4 is 9.47 Å². The van der Waals surface area contributed by atoms with Crippen molar-refractivity contribution in [2.75, 3.05) is 19.6 Å². The first kappa shape index (κ1) is 16.2. The molecule has 0 aliphatic carbocycles. The zero-order valence-corrected chi connectivity index (χ0v) is 14.2. The van der Waals surface area contributed by atoms with Gasteiger partial charge < -0.3 is 9.47 Å². The van der Waals surface area contributed by atoms with Crippen LogP contribution in [0.25, 0.3) is 0 Å². The maximum atomic E-state index is 6.10. The molecule has 0 heterocycles. The second-order valence-corrected chi connectivity index (χ2v) is 5.85. The van der Waals surface area contributed by atoms with Crippen LogP contribution in [0.5, 0.6) is 11.5 Å². The highest BCUT2D eigenvalue weighted by atomic mass is 79.9. The topological polar surface area (TPSA) is 18.5 Å². The van der Waals surface area contributed by atoms with Crippen LogP contribution in [-0.4, -0.2) is 19.6 Å². The van der Waals surface area contributed by atoms with Crippen LogP contribution in [0.1, 0.15) is 17.9 Å². The lowest BCUT2D eigenvalue weighted by Crippen LogP contribution is -2.08. The normalized spacial score (nSPS) is 12.0. The van der Waals surface area contributed by atoms with E-state index >= 15 is 0 Å². The summed E-state index contributed by atoms with van der Waals surface area (Å²) in [5, 5.41) is 0. The summed E-state index contributed by atoms with van der Waals surface area (Å²) in [7, 11) is 1.65. The van der Waals surface area contributed by atoms with Gasteiger partial charge in [0.2, 0.25) is 0 Å². The van der Waals surface area contributed by atoms with E-state index in [-0.39, 0.29) is 5.92 Å². The smallest absolute Gasteiger partial charge is 0.119 e. The SMILES string of the molecule is COc1ccc(OCCC(CCl)c2ccccc2Br)cc1. The van der Waals surface area contributed by atoms with E-state index in [1.165, 1.54) is 5.56 Å². The van der Waals surface area contributed by atoms with Crippen LogP contribution in [0, 0.1) is 0 Å². The zero-order valence-electron chi connectivity index (χ0n) is 11.9. The lowest BCUT2D eigenvalue weighted by molar-refractivity contribution is 0.300. The molecule has 1 unspecified atom stereocenters. The molecule has 0 aliphatic rings. The Bertz CT molecular complexity index is 557. The molecule has 0 fully saturated rings. The van der Waals surface area contributed by atoms with Crippen molar-refractivity contribution >= 4 is 27.5 Å². The van der Waals surface area contributed by atoms with E-state index in [0.29, 0.717) is 12.5 Å². The predicted molar refractivity (Wildman–Crippen MR) is 90.7 cm³/mol. The summed E-state index contributed by atoms with van der Waals surface area (Å²) in [6, 6.07) is 15.8. The van der Waals surface area contributed by atoms with E-state index in [2.05, 4.69) is 22.0 Å². The van der Waals surface area contributed by atoms with Gasteiger partial charge in [-0.1, -0.05) is 34.1 Å². The van der Waals surface area contributed by atoms with Gasteiger partial charge in [-0.3, -0.25) is 0 Å². The Kier molecular flexibility index (Phi) is 6.40. The standard InChI is InChI=1S/C17H18BrClO2/c1-20-14-6-8-15(9-7-14)21-11-10-13(12-19)16-4-2-3-5-17(16)18/h2-9,13H,10-12H2,1H3. The molecule has 0 radical (unpaired) electrons. The average Bonchev–Trinajstić information content (AvgIpc) is 2.53. The van der Waals surface area contributed by atoms with Gasteiger partial charge in [-0.2, -0.15) is 0 Å². The number of methoxy groups -OCH3 is 1. The van der Waals surface area contributed by atoms with Gasteiger partial charge in [0.15, 0.2) is 0 Å². The van der Waals surface area contributed by atoms with Gasteiger partial charge in [-0.25, -0.2) is 0 Å². The molecule has 2 nitrogen and oxygen atoms in total. The summed E-state index contributed by atoms with van der Waals surface area (Å²) in [6.07, 6.45) is 0.873. The van der Waals surface area contributed by atoms with Crippen LogP contribution in [0.3, 0.4) is 0 Å². The Morgan fingerprint density at radius 1 is 1.05 bits per heavy atom. The summed E-state index contributed by atoms with van der Waals surface area (Å²) in [5.74, 6) is 2.53. The van der Waals surface area contributed by atoms with Crippen LogP contribution in [0.4, 0.5) is 0 Å². The molecule has 2 rings (SSSR count). The van der Waals surface area contributed by atoms with Crippen molar-refractivity contribution in [3.05, 3.63) is 58.6 Å². The fourth-order valence-electron chi connectivity index (χ4n) is 2.11. The summed E-state index contributed by atoms with van der Waals surface area (Å²) in [4.78, 5) is 0. The quantitative estimate of drug-likeness (QED) is 0.621. The molecular weight excluding hydrogens is 352 g/mol. The van der Waals surface area contributed by atoms with Gasteiger partial charge in [0.25, 0.3) is 0 Å². The maximum absolute atomic E-state index is 6.10. The molecule has 0 N–H and O–H groups in total. The summed E-state index contributed by atoms with van der Waals surface area (Å²) >= 11 is 9.68. The van der Waals surface area contributed by atoms with Gasteiger partial charge in [0.1, 0.15) is 11.5 Å². The van der Waals surface area contributed by atoms with E-state index < -0.39 is 0 Å². The van der Waals surface area contributed by atoms with E-state index in [1.807, 2.05) is 42.5 Å². The largest absolute Gasteiger partial charge is 0.497 e. The van der Waals surface area contributed by atoms with Gasteiger partial charge in [0, 0.05) is 16.3 Å². The van der Waals surface area contributed by atoms with E-state index in [0.717, 1.165) is 22.4 Å². The van der Waals surface area contributed by atoms with Gasteiger partial charge in [-0.15, -0.1) is 11.6 Å². The van der Waals surface area contributed by atoms with Crippen molar-refractivity contribution in [2.45, 2.75) is 12.3 Å². The Balaban J connectivity index is 1.90. The van der Waals surface area contributed by atoms with Crippen molar-refractivity contribution in [1.82, 2.24) is 0 Å². The van der Waals surface area contributed by atoms with E-state index in [1.54, 1.807) is 7.11 Å². The third-order valence-electron chi connectivity index (χ3n) is 3.33. The Morgan fingerprint density at radius 2 is 1.71 bits per heavy atom. The monoisotopic (exact) mass is 368 g/mol. The molecule has 21 heavy (non-hydrogen) atoms. The highest BCUT2D eigenvalue weighted by Crippen LogP contribution is 2.28. The second-order valence-electron chi connectivity index (χ2n) is 4.69. The minimum absolute atomic E-state index is 0.278. The summed E-state index contributed by atoms with van der Waals surface area (Å²) in [6.45, 7) is 0.630. The van der Waals surface area contributed by atoms with Gasteiger partial charge in [0.05, 0.1) is 13.7 Å². The summed E-state index contributed by atoms with van der Waals surface area (Å²) < 4.78 is 12.0. The first-order valence-corrected chi connectivity index (χ1v) is 8.14. The molecule has 0 amide bonds. The average molecular weight is 370 g/mol. The Morgan fingerprint density at radius 3 is 2.33 bits per heavy atom. The number of halogens is 2.